The molecule has 0 aliphatic carbocycles. The Morgan fingerprint density at radius 3 is 2.71 bits per heavy atom. The molecule has 24 heavy (non-hydrogen) atoms. The SMILES string of the molecule is C=C1CC(C(O)/C(=C\CC)NC(CCCC)OCO)OC(C)C1C. The Balaban J connectivity index is 2.78. The van der Waals surface area contributed by atoms with E-state index >= 15 is 0 Å². The van der Waals surface area contributed by atoms with Crippen LogP contribution in [0.1, 0.15) is 59.8 Å². The van der Waals surface area contributed by atoms with E-state index in [1.807, 2.05) is 19.9 Å². The number of aliphatic hydroxyl groups excluding tert-OH is 2. The number of hydrogen-bond acceptors (Lipinski definition) is 5. The standard InChI is InChI=1S/C19H35NO4/c1-6-8-10-18(23-12-21)20-16(9-7-2)19(22)17-11-13(3)14(4)15(5)24-17/h9,14-15,17-22H,3,6-8,10-12H2,1-2,4-5H3/b16-9+. The molecule has 0 bridgehead atoms. The zero-order valence-electron chi connectivity index (χ0n) is 15.6. The topological polar surface area (TPSA) is 71.0 Å². The highest BCUT2D eigenvalue weighted by atomic mass is 16.6. The zero-order valence-corrected chi connectivity index (χ0v) is 15.6. The molecule has 1 fully saturated rings. The normalized spacial score (nSPS) is 27.8. The lowest BCUT2D eigenvalue weighted by molar-refractivity contribution is -0.0980. The van der Waals surface area contributed by atoms with E-state index < -0.39 is 6.10 Å². The summed E-state index contributed by atoms with van der Waals surface area (Å²) in [5.41, 5.74) is 1.81. The van der Waals surface area contributed by atoms with E-state index in [2.05, 4.69) is 25.7 Å². The molecule has 0 aromatic rings. The minimum Gasteiger partial charge on any atom is -0.384 e. The van der Waals surface area contributed by atoms with Gasteiger partial charge in [-0.3, -0.25) is 0 Å². The monoisotopic (exact) mass is 341 g/mol. The molecule has 1 heterocycles. The van der Waals surface area contributed by atoms with Gasteiger partial charge in [0.1, 0.15) is 19.1 Å². The molecule has 0 spiro atoms. The van der Waals surface area contributed by atoms with Crippen molar-refractivity contribution in [1.29, 1.82) is 0 Å². The van der Waals surface area contributed by atoms with Crippen LogP contribution in [0.5, 0.6) is 0 Å². The van der Waals surface area contributed by atoms with E-state index in [1.165, 1.54) is 0 Å². The van der Waals surface area contributed by atoms with Crippen LogP contribution >= 0.6 is 0 Å². The van der Waals surface area contributed by atoms with E-state index in [1.54, 1.807) is 0 Å². The first-order valence-corrected chi connectivity index (χ1v) is 9.14. The predicted octanol–water partition coefficient (Wildman–Crippen LogP) is 3.08. The smallest absolute Gasteiger partial charge is 0.146 e. The molecule has 0 aromatic heterocycles. The Hall–Kier alpha value is -0.880. The van der Waals surface area contributed by atoms with Gasteiger partial charge in [0.05, 0.1) is 12.2 Å². The third-order valence-corrected chi connectivity index (χ3v) is 4.72. The highest BCUT2D eigenvalue weighted by molar-refractivity contribution is 5.14. The molecule has 1 saturated heterocycles. The number of ether oxygens (including phenoxy) is 2. The second-order valence-corrected chi connectivity index (χ2v) is 6.61. The maximum absolute atomic E-state index is 10.8. The molecule has 0 aromatic carbocycles. The molecule has 5 nitrogen and oxygen atoms in total. The van der Waals surface area contributed by atoms with Gasteiger partial charge in [-0.25, -0.2) is 0 Å². The Morgan fingerprint density at radius 1 is 1.46 bits per heavy atom. The third kappa shape index (κ3) is 6.20. The van der Waals surface area contributed by atoms with Gasteiger partial charge in [0.15, 0.2) is 0 Å². The van der Waals surface area contributed by atoms with Crippen molar-refractivity contribution in [1.82, 2.24) is 5.32 Å². The van der Waals surface area contributed by atoms with Gasteiger partial charge in [0, 0.05) is 11.6 Å². The summed E-state index contributed by atoms with van der Waals surface area (Å²) in [6.45, 7) is 12.0. The maximum Gasteiger partial charge on any atom is 0.146 e. The number of allylic oxidation sites excluding steroid dienone is 1. The second-order valence-electron chi connectivity index (χ2n) is 6.61. The fourth-order valence-corrected chi connectivity index (χ4v) is 2.95. The van der Waals surface area contributed by atoms with Crippen LogP contribution in [-0.4, -0.2) is 41.5 Å². The van der Waals surface area contributed by atoms with Crippen molar-refractivity contribution in [2.24, 2.45) is 5.92 Å². The van der Waals surface area contributed by atoms with E-state index in [0.29, 0.717) is 18.0 Å². The Morgan fingerprint density at radius 2 is 2.17 bits per heavy atom. The predicted molar refractivity (Wildman–Crippen MR) is 96.3 cm³/mol. The lowest BCUT2D eigenvalue weighted by Gasteiger charge is -2.38. The highest BCUT2D eigenvalue weighted by Crippen LogP contribution is 2.31. The minimum absolute atomic E-state index is 0.0401. The summed E-state index contributed by atoms with van der Waals surface area (Å²) in [4.78, 5) is 0. The molecule has 140 valence electrons. The highest BCUT2D eigenvalue weighted by Gasteiger charge is 2.34. The largest absolute Gasteiger partial charge is 0.384 e. The van der Waals surface area contributed by atoms with Crippen LogP contribution in [0.2, 0.25) is 0 Å². The first-order valence-electron chi connectivity index (χ1n) is 9.14. The molecule has 1 aliphatic rings. The minimum atomic E-state index is -0.761. The molecule has 5 atom stereocenters. The van der Waals surface area contributed by atoms with E-state index in [-0.39, 0.29) is 25.2 Å². The molecular formula is C19H35NO4. The van der Waals surface area contributed by atoms with Gasteiger partial charge >= 0.3 is 0 Å². The van der Waals surface area contributed by atoms with Crippen molar-refractivity contribution in [3.05, 3.63) is 23.9 Å². The van der Waals surface area contributed by atoms with Crippen molar-refractivity contribution in [2.45, 2.75) is 84.3 Å². The molecular weight excluding hydrogens is 306 g/mol. The van der Waals surface area contributed by atoms with Gasteiger partial charge in [-0.2, -0.15) is 0 Å². The van der Waals surface area contributed by atoms with Gasteiger partial charge in [-0.15, -0.1) is 0 Å². The third-order valence-electron chi connectivity index (χ3n) is 4.72. The molecule has 5 unspecified atom stereocenters. The molecule has 0 radical (unpaired) electrons. The summed E-state index contributed by atoms with van der Waals surface area (Å²) in [6.07, 6.45) is 4.85. The number of aliphatic hydroxyl groups is 2. The van der Waals surface area contributed by atoms with Crippen molar-refractivity contribution in [2.75, 3.05) is 6.79 Å². The molecule has 3 N–H and O–H groups in total. The summed E-state index contributed by atoms with van der Waals surface area (Å²) in [5.74, 6) is 0.301. The van der Waals surface area contributed by atoms with Crippen LogP contribution in [0.4, 0.5) is 0 Å². The van der Waals surface area contributed by atoms with Crippen LogP contribution in [0.15, 0.2) is 23.9 Å². The number of hydrogen-bond donors (Lipinski definition) is 3. The molecule has 1 aliphatic heterocycles. The van der Waals surface area contributed by atoms with Gasteiger partial charge in [-0.05, 0) is 32.6 Å². The van der Waals surface area contributed by atoms with Crippen LogP contribution in [0.25, 0.3) is 0 Å². The van der Waals surface area contributed by atoms with Crippen LogP contribution in [-0.2, 0) is 9.47 Å². The summed E-state index contributed by atoms with van der Waals surface area (Å²) in [5, 5.41) is 23.1. The lowest BCUT2D eigenvalue weighted by atomic mass is 9.87. The lowest BCUT2D eigenvalue weighted by Crippen LogP contribution is -2.45. The van der Waals surface area contributed by atoms with Crippen molar-refractivity contribution in [3.63, 3.8) is 0 Å². The Labute approximate surface area is 146 Å². The summed E-state index contributed by atoms with van der Waals surface area (Å²) in [7, 11) is 0. The summed E-state index contributed by atoms with van der Waals surface area (Å²) in [6, 6.07) is 0. The van der Waals surface area contributed by atoms with E-state index in [4.69, 9.17) is 14.6 Å². The van der Waals surface area contributed by atoms with Crippen molar-refractivity contribution >= 4 is 0 Å². The summed E-state index contributed by atoms with van der Waals surface area (Å²) >= 11 is 0. The first kappa shape index (κ1) is 21.2. The molecule has 5 heteroatoms. The maximum atomic E-state index is 10.8. The average molecular weight is 341 g/mol. The van der Waals surface area contributed by atoms with Crippen LogP contribution in [0.3, 0.4) is 0 Å². The number of unbranched alkanes of at least 4 members (excludes halogenated alkanes) is 1. The average Bonchev–Trinajstić information content (AvgIpc) is 2.56. The van der Waals surface area contributed by atoms with E-state index in [0.717, 1.165) is 31.3 Å². The van der Waals surface area contributed by atoms with Crippen molar-refractivity contribution in [3.8, 4) is 0 Å². The van der Waals surface area contributed by atoms with Gasteiger partial charge in [0.25, 0.3) is 0 Å². The zero-order chi connectivity index (χ0) is 18.1. The number of nitrogens with one attached hydrogen (secondary N) is 1. The Bertz CT molecular complexity index is 410. The second kappa shape index (κ2) is 10.9. The van der Waals surface area contributed by atoms with E-state index in [9.17, 15) is 5.11 Å². The van der Waals surface area contributed by atoms with Gasteiger partial charge < -0.3 is 25.0 Å². The van der Waals surface area contributed by atoms with Crippen molar-refractivity contribution < 1.29 is 19.7 Å². The quantitative estimate of drug-likeness (QED) is 0.421. The molecule has 0 amide bonds. The molecule has 1 rings (SSSR count). The number of rotatable bonds is 10. The fraction of sp³-hybridized carbons (Fsp3) is 0.789. The fourth-order valence-electron chi connectivity index (χ4n) is 2.95. The van der Waals surface area contributed by atoms with Gasteiger partial charge in [-0.1, -0.05) is 45.4 Å². The first-order chi connectivity index (χ1) is 11.4. The molecule has 0 saturated carbocycles. The van der Waals surface area contributed by atoms with Gasteiger partial charge in [0.2, 0.25) is 0 Å². The van der Waals surface area contributed by atoms with Crippen LogP contribution < -0.4 is 5.32 Å². The summed E-state index contributed by atoms with van der Waals surface area (Å²) < 4.78 is 11.4. The Kier molecular flexibility index (Phi) is 9.59. The van der Waals surface area contributed by atoms with Crippen LogP contribution in [0, 0.1) is 5.92 Å².